The Morgan fingerprint density at radius 2 is 1.77 bits per heavy atom. The van der Waals surface area contributed by atoms with Gasteiger partial charge in [-0.1, -0.05) is 60.6 Å². The first kappa shape index (κ1) is 26.7. The molecule has 0 spiro atoms. The van der Waals surface area contributed by atoms with Crippen molar-refractivity contribution < 1.29 is 23.2 Å². The number of aliphatic hydroxyl groups excluding tert-OH is 1. The second kappa shape index (κ2) is 11.9. The molecule has 1 amide bonds. The quantitative estimate of drug-likeness (QED) is 0.274. The molecule has 0 saturated carbocycles. The Labute approximate surface area is 226 Å². The van der Waals surface area contributed by atoms with Crippen molar-refractivity contribution in [2.75, 3.05) is 6.54 Å². The predicted octanol–water partition coefficient (Wildman–Crippen LogP) is 4.77. The Kier molecular flexibility index (Phi) is 8.14. The van der Waals surface area contributed by atoms with Gasteiger partial charge in [-0.05, 0) is 60.1 Å². The van der Waals surface area contributed by atoms with Crippen LogP contribution in [0.3, 0.4) is 0 Å². The molecule has 0 unspecified atom stereocenters. The van der Waals surface area contributed by atoms with E-state index >= 15 is 0 Å². The highest BCUT2D eigenvalue weighted by atomic mass is 19.1. The minimum absolute atomic E-state index is 0.0253. The number of rotatable bonds is 10. The van der Waals surface area contributed by atoms with Crippen LogP contribution in [0.5, 0.6) is 0 Å². The fourth-order valence-corrected chi connectivity index (χ4v) is 5.12. The first-order valence-corrected chi connectivity index (χ1v) is 13.2. The molecule has 202 valence electrons. The summed E-state index contributed by atoms with van der Waals surface area (Å²) < 4.78 is 33.4. The number of nitrogens with zero attached hydrogens (tertiary/aromatic N) is 1. The molecule has 0 bridgehead atoms. The van der Waals surface area contributed by atoms with Crippen molar-refractivity contribution in [2.45, 2.75) is 51.3 Å². The molecular weight excluding hydrogens is 500 g/mol. The number of carbonyl (C=O) groups excluding carboxylic acids is 1. The second-order valence-electron chi connectivity index (χ2n) is 9.93. The van der Waals surface area contributed by atoms with Crippen LogP contribution in [0.1, 0.15) is 45.2 Å². The molecule has 0 saturated heterocycles. The topological polar surface area (TPSA) is 87.4 Å². The Morgan fingerprint density at radius 1 is 1.00 bits per heavy atom. The fraction of sp³-hybridized carbons (Fsp3) is 0.290. The normalized spacial score (nSPS) is 13.8. The molecule has 1 aliphatic rings. The van der Waals surface area contributed by atoms with Crippen LogP contribution < -0.4 is 10.6 Å². The summed E-state index contributed by atoms with van der Waals surface area (Å²) in [7, 11) is 0. The van der Waals surface area contributed by atoms with E-state index in [1.54, 1.807) is 0 Å². The van der Waals surface area contributed by atoms with Crippen LogP contribution in [0, 0.1) is 11.6 Å². The number of hydrogen-bond donors (Lipinski definition) is 3. The largest absolute Gasteiger partial charge is 0.390 e. The van der Waals surface area contributed by atoms with Crippen LogP contribution in [-0.2, 0) is 32.2 Å². The van der Waals surface area contributed by atoms with E-state index in [0.29, 0.717) is 29.9 Å². The van der Waals surface area contributed by atoms with Crippen LogP contribution >= 0.6 is 0 Å². The van der Waals surface area contributed by atoms with E-state index in [4.69, 9.17) is 4.52 Å². The van der Waals surface area contributed by atoms with Gasteiger partial charge in [-0.2, -0.15) is 0 Å². The summed E-state index contributed by atoms with van der Waals surface area (Å²) in [6.45, 7) is 2.77. The van der Waals surface area contributed by atoms with E-state index in [1.165, 1.54) is 17.7 Å². The van der Waals surface area contributed by atoms with Gasteiger partial charge in [0.05, 0.1) is 12.1 Å². The lowest BCUT2D eigenvalue weighted by Gasteiger charge is -2.25. The molecule has 39 heavy (non-hydrogen) atoms. The lowest BCUT2D eigenvalue weighted by atomic mass is 9.89. The van der Waals surface area contributed by atoms with Gasteiger partial charge in [0.2, 0.25) is 0 Å². The van der Waals surface area contributed by atoms with Gasteiger partial charge in [-0.25, -0.2) is 8.78 Å². The van der Waals surface area contributed by atoms with Gasteiger partial charge in [0.25, 0.3) is 5.91 Å². The molecule has 1 aliphatic carbocycles. The van der Waals surface area contributed by atoms with E-state index < -0.39 is 29.7 Å². The third-order valence-corrected chi connectivity index (χ3v) is 7.15. The number of aromatic nitrogens is 1. The summed E-state index contributed by atoms with van der Waals surface area (Å²) in [5.41, 5.74) is 5.52. The molecule has 0 fully saturated rings. The number of carbonyl (C=O) groups is 1. The van der Waals surface area contributed by atoms with E-state index in [0.717, 1.165) is 35.6 Å². The van der Waals surface area contributed by atoms with Gasteiger partial charge in [-0.15, -0.1) is 0 Å². The maximum atomic E-state index is 13.9. The summed E-state index contributed by atoms with van der Waals surface area (Å²) >= 11 is 0. The average molecular weight is 532 g/mol. The molecule has 3 N–H and O–H groups in total. The third kappa shape index (κ3) is 6.24. The highest BCUT2D eigenvalue weighted by molar-refractivity contribution is 5.95. The number of hydrogen-bond acceptors (Lipinski definition) is 5. The highest BCUT2D eigenvalue weighted by Crippen LogP contribution is 2.35. The second-order valence-corrected chi connectivity index (χ2v) is 9.93. The molecule has 1 aromatic heterocycles. The molecule has 3 aromatic carbocycles. The predicted molar refractivity (Wildman–Crippen MR) is 144 cm³/mol. The summed E-state index contributed by atoms with van der Waals surface area (Å²) in [6, 6.07) is 18.3. The molecule has 6 nitrogen and oxygen atoms in total. The molecule has 1 heterocycles. The SMILES string of the molecule is CCc1cccc(CNC[C@@H](O)[C@H](Cc2cc(F)cc(F)c2)NC(=O)c2noc3c2CCc2ccccc2-3)c1. The molecule has 8 heteroatoms. The van der Waals surface area contributed by atoms with Crippen LogP contribution in [0.25, 0.3) is 11.3 Å². The van der Waals surface area contributed by atoms with Crippen LogP contribution in [0.15, 0.2) is 71.3 Å². The van der Waals surface area contributed by atoms with Crippen molar-refractivity contribution in [3.8, 4) is 11.3 Å². The van der Waals surface area contributed by atoms with Crippen molar-refractivity contribution >= 4 is 5.91 Å². The van der Waals surface area contributed by atoms with Crippen LogP contribution in [-0.4, -0.2) is 34.9 Å². The number of aliphatic hydroxyl groups is 1. The van der Waals surface area contributed by atoms with Crippen molar-refractivity contribution in [1.82, 2.24) is 15.8 Å². The van der Waals surface area contributed by atoms with E-state index in [2.05, 4.69) is 34.8 Å². The van der Waals surface area contributed by atoms with Gasteiger partial charge in [0.1, 0.15) is 11.6 Å². The standard InChI is InChI=1S/C31H31F2N3O3/c1-2-19-6-5-7-20(12-19)17-34-18-28(37)27(15-21-13-23(32)16-24(33)14-21)35-31(38)29-26-11-10-22-8-3-4-9-25(22)30(26)39-36-29/h3-9,12-14,16,27-28,34,37H,2,10-11,15,17-18H2,1H3,(H,35,38)/t27-,28+/m0/s1. The van der Waals surface area contributed by atoms with Crippen molar-refractivity contribution in [3.63, 3.8) is 0 Å². The minimum atomic E-state index is -1.04. The number of amides is 1. The zero-order chi connectivity index (χ0) is 27.4. The molecule has 4 aromatic rings. The van der Waals surface area contributed by atoms with Gasteiger partial charge < -0.3 is 20.3 Å². The van der Waals surface area contributed by atoms with Crippen LogP contribution in [0.4, 0.5) is 8.78 Å². The van der Waals surface area contributed by atoms with Gasteiger partial charge in [0, 0.05) is 30.3 Å². The van der Waals surface area contributed by atoms with E-state index in [9.17, 15) is 18.7 Å². The van der Waals surface area contributed by atoms with Gasteiger partial charge >= 0.3 is 0 Å². The minimum Gasteiger partial charge on any atom is -0.390 e. The zero-order valence-corrected chi connectivity index (χ0v) is 21.7. The lowest BCUT2D eigenvalue weighted by molar-refractivity contribution is 0.0821. The highest BCUT2D eigenvalue weighted by Gasteiger charge is 2.30. The number of halogens is 2. The Morgan fingerprint density at radius 3 is 2.56 bits per heavy atom. The van der Waals surface area contributed by atoms with Gasteiger partial charge in [0.15, 0.2) is 11.5 Å². The Bertz CT molecular complexity index is 1450. The molecule has 0 radical (unpaired) electrons. The first-order chi connectivity index (χ1) is 18.9. The Hall–Kier alpha value is -3.88. The zero-order valence-electron chi connectivity index (χ0n) is 21.7. The summed E-state index contributed by atoms with van der Waals surface area (Å²) in [5, 5.41) is 21.2. The lowest BCUT2D eigenvalue weighted by Crippen LogP contribution is -2.49. The maximum absolute atomic E-state index is 13.9. The van der Waals surface area contributed by atoms with Crippen molar-refractivity contribution in [3.05, 3.63) is 112 Å². The maximum Gasteiger partial charge on any atom is 0.274 e. The molecule has 2 atom stereocenters. The number of fused-ring (bicyclic) bond motifs is 3. The van der Waals surface area contributed by atoms with E-state index in [-0.39, 0.29) is 18.7 Å². The third-order valence-electron chi connectivity index (χ3n) is 7.15. The first-order valence-electron chi connectivity index (χ1n) is 13.2. The van der Waals surface area contributed by atoms with Gasteiger partial charge in [-0.3, -0.25) is 4.79 Å². The molecule has 0 aliphatic heterocycles. The fourth-order valence-electron chi connectivity index (χ4n) is 5.12. The smallest absolute Gasteiger partial charge is 0.274 e. The number of nitrogens with one attached hydrogen (secondary N) is 2. The molecular formula is C31H31F2N3O3. The van der Waals surface area contributed by atoms with Crippen molar-refractivity contribution in [1.29, 1.82) is 0 Å². The summed E-state index contributed by atoms with van der Waals surface area (Å²) in [4.78, 5) is 13.4. The van der Waals surface area contributed by atoms with Crippen LogP contribution in [0.2, 0.25) is 0 Å². The summed E-state index contributed by atoms with van der Waals surface area (Å²) in [6.07, 6.45) is 1.25. The number of aryl methyl sites for hydroxylation is 2. The van der Waals surface area contributed by atoms with Crippen molar-refractivity contribution in [2.24, 2.45) is 0 Å². The average Bonchev–Trinajstić information content (AvgIpc) is 3.37. The summed E-state index contributed by atoms with van der Waals surface area (Å²) in [5.74, 6) is -1.37. The Balaban J connectivity index is 1.33. The molecule has 5 rings (SSSR count). The number of benzene rings is 3. The van der Waals surface area contributed by atoms with E-state index in [1.807, 2.05) is 36.4 Å². The monoisotopic (exact) mass is 531 g/mol.